The summed E-state index contributed by atoms with van der Waals surface area (Å²) >= 11 is 0. The van der Waals surface area contributed by atoms with Gasteiger partial charge in [-0.3, -0.25) is 0 Å². The molecule has 1 fully saturated rings. The van der Waals surface area contributed by atoms with Gasteiger partial charge in [0.15, 0.2) is 0 Å². The van der Waals surface area contributed by atoms with Crippen LogP contribution in [0.1, 0.15) is 31.4 Å². The van der Waals surface area contributed by atoms with Gasteiger partial charge >= 0.3 is 0 Å². The van der Waals surface area contributed by atoms with Gasteiger partial charge in [0, 0.05) is 6.04 Å². The van der Waals surface area contributed by atoms with Crippen molar-refractivity contribution in [3.63, 3.8) is 0 Å². The van der Waals surface area contributed by atoms with E-state index in [1.54, 1.807) is 0 Å². The summed E-state index contributed by atoms with van der Waals surface area (Å²) in [6, 6.07) is 9.57. The molecule has 1 heteroatoms. The van der Waals surface area contributed by atoms with Crippen molar-refractivity contribution in [1.29, 1.82) is 0 Å². The Bertz CT molecular complexity index is 350. The number of likely N-dealkylation sites (N-methyl/N-ethyl adjacent to an activating group) is 1. The summed E-state index contributed by atoms with van der Waals surface area (Å²) in [5, 5.41) is 3.48. The molecule has 2 rings (SSSR count). The van der Waals surface area contributed by atoms with Gasteiger partial charge in [-0.15, -0.1) is 0 Å². The lowest BCUT2D eigenvalue weighted by Gasteiger charge is -2.18. The molecule has 0 aliphatic heterocycles. The molecule has 0 radical (unpaired) electrons. The Balaban J connectivity index is 2.00. The highest BCUT2D eigenvalue weighted by atomic mass is 14.9. The Kier molecular flexibility index (Phi) is 3.07. The van der Waals surface area contributed by atoms with E-state index in [0.717, 1.165) is 12.3 Å². The number of hydrogen-bond donors (Lipinski definition) is 1. The van der Waals surface area contributed by atoms with Crippen molar-refractivity contribution in [2.24, 2.45) is 11.3 Å². The highest BCUT2D eigenvalue weighted by Crippen LogP contribution is 2.53. The molecule has 1 aromatic rings. The van der Waals surface area contributed by atoms with Crippen LogP contribution in [0.3, 0.4) is 0 Å². The smallest absolute Gasteiger partial charge is 0.0138 e. The molecule has 0 aromatic heterocycles. The zero-order valence-electron chi connectivity index (χ0n) is 10.9. The molecule has 1 aliphatic rings. The van der Waals surface area contributed by atoms with Crippen molar-refractivity contribution < 1.29 is 0 Å². The number of nitrogens with one attached hydrogen (secondary N) is 1. The maximum absolute atomic E-state index is 3.48. The summed E-state index contributed by atoms with van der Waals surface area (Å²) in [7, 11) is 2.09. The molecule has 2 unspecified atom stereocenters. The van der Waals surface area contributed by atoms with E-state index in [9.17, 15) is 0 Å². The van der Waals surface area contributed by atoms with Crippen molar-refractivity contribution >= 4 is 0 Å². The molecular weight excluding hydrogens is 194 g/mol. The quantitative estimate of drug-likeness (QED) is 0.817. The molecule has 1 saturated carbocycles. The highest BCUT2D eigenvalue weighted by molar-refractivity contribution is 5.23. The second kappa shape index (κ2) is 4.21. The van der Waals surface area contributed by atoms with Crippen LogP contribution in [0.25, 0.3) is 0 Å². The van der Waals surface area contributed by atoms with Crippen LogP contribution in [0.4, 0.5) is 0 Å². The van der Waals surface area contributed by atoms with Gasteiger partial charge in [0.25, 0.3) is 0 Å². The standard InChI is InChI=1S/C15H23N/c1-11-5-7-12(8-6-11)9-14(16-4)13-10-15(13,2)3/h5-8,13-14,16H,9-10H2,1-4H3. The predicted molar refractivity (Wildman–Crippen MR) is 69.6 cm³/mol. The number of benzene rings is 1. The normalized spacial score (nSPS) is 24.1. The van der Waals surface area contributed by atoms with E-state index in [0.29, 0.717) is 11.5 Å². The second-order valence-corrected chi connectivity index (χ2v) is 5.88. The maximum atomic E-state index is 3.48. The van der Waals surface area contributed by atoms with Gasteiger partial charge in [0.05, 0.1) is 0 Å². The third-order valence-corrected chi connectivity index (χ3v) is 4.02. The number of aryl methyl sites for hydroxylation is 1. The zero-order valence-corrected chi connectivity index (χ0v) is 10.9. The minimum atomic E-state index is 0.554. The molecular formula is C15H23N. The van der Waals surface area contributed by atoms with Crippen LogP contribution >= 0.6 is 0 Å². The van der Waals surface area contributed by atoms with E-state index in [1.807, 2.05) is 0 Å². The van der Waals surface area contributed by atoms with Gasteiger partial charge < -0.3 is 5.32 Å². The molecule has 1 nitrogen and oxygen atoms in total. The van der Waals surface area contributed by atoms with Crippen molar-refractivity contribution in [3.05, 3.63) is 35.4 Å². The number of rotatable bonds is 4. The molecule has 0 bridgehead atoms. The van der Waals surface area contributed by atoms with Crippen LogP contribution in [0.15, 0.2) is 24.3 Å². The SMILES string of the molecule is CNC(Cc1ccc(C)cc1)C1CC1(C)C. The summed E-state index contributed by atoms with van der Waals surface area (Å²) < 4.78 is 0. The fourth-order valence-corrected chi connectivity index (χ4v) is 2.62. The van der Waals surface area contributed by atoms with E-state index >= 15 is 0 Å². The fraction of sp³-hybridized carbons (Fsp3) is 0.600. The molecule has 1 N–H and O–H groups in total. The summed E-state index contributed by atoms with van der Waals surface area (Å²) in [6.07, 6.45) is 2.52. The maximum Gasteiger partial charge on any atom is 0.0138 e. The van der Waals surface area contributed by atoms with Crippen LogP contribution in [-0.4, -0.2) is 13.1 Å². The molecule has 0 heterocycles. The largest absolute Gasteiger partial charge is 0.316 e. The van der Waals surface area contributed by atoms with Crippen molar-refractivity contribution in [3.8, 4) is 0 Å². The lowest BCUT2D eigenvalue weighted by atomic mass is 9.97. The Morgan fingerprint density at radius 3 is 2.31 bits per heavy atom. The monoisotopic (exact) mass is 217 g/mol. The Hall–Kier alpha value is -0.820. The van der Waals surface area contributed by atoms with E-state index in [4.69, 9.17) is 0 Å². The minimum absolute atomic E-state index is 0.554. The molecule has 2 atom stereocenters. The van der Waals surface area contributed by atoms with Crippen LogP contribution < -0.4 is 5.32 Å². The summed E-state index contributed by atoms with van der Waals surface area (Å²) in [6.45, 7) is 6.89. The molecule has 0 amide bonds. The molecule has 16 heavy (non-hydrogen) atoms. The lowest BCUT2D eigenvalue weighted by molar-refractivity contribution is 0.426. The molecule has 88 valence electrons. The molecule has 1 aliphatic carbocycles. The van der Waals surface area contributed by atoms with E-state index < -0.39 is 0 Å². The average Bonchev–Trinajstić information content (AvgIpc) is 2.87. The Morgan fingerprint density at radius 2 is 1.88 bits per heavy atom. The zero-order chi connectivity index (χ0) is 11.8. The Labute approximate surface area is 99.3 Å². The summed E-state index contributed by atoms with van der Waals surface area (Å²) in [5.41, 5.74) is 3.35. The predicted octanol–water partition coefficient (Wildman–Crippen LogP) is 3.17. The van der Waals surface area contributed by atoms with Crippen LogP contribution in [-0.2, 0) is 6.42 Å². The van der Waals surface area contributed by atoms with Crippen LogP contribution in [0, 0.1) is 18.3 Å². The second-order valence-electron chi connectivity index (χ2n) is 5.88. The fourth-order valence-electron chi connectivity index (χ4n) is 2.62. The van der Waals surface area contributed by atoms with E-state index in [-0.39, 0.29) is 0 Å². The van der Waals surface area contributed by atoms with Gasteiger partial charge in [-0.25, -0.2) is 0 Å². The first-order valence-electron chi connectivity index (χ1n) is 6.26. The van der Waals surface area contributed by atoms with Crippen LogP contribution in [0.2, 0.25) is 0 Å². The first kappa shape index (κ1) is 11.7. The van der Waals surface area contributed by atoms with Gasteiger partial charge in [-0.05, 0) is 43.7 Å². The molecule has 0 saturated heterocycles. The number of hydrogen-bond acceptors (Lipinski definition) is 1. The van der Waals surface area contributed by atoms with E-state index in [2.05, 4.69) is 57.4 Å². The van der Waals surface area contributed by atoms with Crippen molar-refractivity contribution in [2.75, 3.05) is 7.05 Å². The van der Waals surface area contributed by atoms with Crippen molar-refractivity contribution in [1.82, 2.24) is 5.32 Å². The van der Waals surface area contributed by atoms with E-state index in [1.165, 1.54) is 17.5 Å². The molecule has 1 aromatic carbocycles. The molecule has 0 spiro atoms. The van der Waals surface area contributed by atoms with Gasteiger partial charge in [-0.2, -0.15) is 0 Å². The topological polar surface area (TPSA) is 12.0 Å². The minimum Gasteiger partial charge on any atom is -0.316 e. The summed E-state index contributed by atoms with van der Waals surface area (Å²) in [4.78, 5) is 0. The summed E-state index contributed by atoms with van der Waals surface area (Å²) in [5.74, 6) is 0.846. The van der Waals surface area contributed by atoms with Crippen LogP contribution in [0.5, 0.6) is 0 Å². The first-order valence-corrected chi connectivity index (χ1v) is 6.26. The third-order valence-electron chi connectivity index (χ3n) is 4.02. The third kappa shape index (κ3) is 2.46. The first-order chi connectivity index (χ1) is 7.53. The van der Waals surface area contributed by atoms with Gasteiger partial charge in [0.1, 0.15) is 0 Å². The highest BCUT2D eigenvalue weighted by Gasteiger charge is 2.49. The van der Waals surface area contributed by atoms with Gasteiger partial charge in [0.2, 0.25) is 0 Å². The Morgan fingerprint density at radius 1 is 1.31 bits per heavy atom. The lowest BCUT2D eigenvalue weighted by Crippen LogP contribution is -2.31. The van der Waals surface area contributed by atoms with Crippen molar-refractivity contribution in [2.45, 2.75) is 39.7 Å². The van der Waals surface area contributed by atoms with Gasteiger partial charge in [-0.1, -0.05) is 43.7 Å². The average molecular weight is 217 g/mol.